The number of carbonyl (C=O) groups excluding carboxylic acids is 1. The number of hydrogen-bond donors (Lipinski definition) is 1. The standard InChI is InChI=1S/C25H28N2O4S/c1-17-6-9-23(10-7-17)32(29,30)27(4)16-21-15-20(8-11-24(21)31-5)25(28)26-22-13-18(2)12-19(3)14-22/h6-15H,16H2,1-5H3,(H,26,28). The summed E-state index contributed by atoms with van der Waals surface area (Å²) < 4.78 is 32.6. The molecule has 7 heteroatoms. The number of carbonyl (C=O) groups is 1. The van der Waals surface area contributed by atoms with E-state index in [1.165, 1.54) is 18.5 Å². The van der Waals surface area contributed by atoms with Gasteiger partial charge in [-0.1, -0.05) is 23.8 Å². The Balaban J connectivity index is 1.85. The maximum Gasteiger partial charge on any atom is 0.255 e. The molecule has 0 unspecified atom stereocenters. The van der Waals surface area contributed by atoms with E-state index in [4.69, 9.17) is 4.74 Å². The number of hydrogen-bond acceptors (Lipinski definition) is 4. The molecule has 1 amide bonds. The second-order valence-electron chi connectivity index (χ2n) is 7.93. The fourth-order valence-electron chi connectivity index (χ4n) is 3.51. The van der Waals surface area contributed by atoms with Crippen LogP contribution >= 0.6 is 0 Å². The fourth-order valence-corrected chi connectivity index (χ4v) is 4.66. The third-order valence-electron chi connectivity index (χ3n) is 5.14. The number of rotatable bonds is 7. The first-order chi connectivity index (χ1) is 15.1. The normalized spacial score (nSPS) is 11.4. The van der Waals surface area contributed by atoms with Gasteiger partial charge in [0, 0.05) is 30.4 Å². The van der Waals surface area contributed by atoms with Gasteiger partial charge >= 0.3 is 0 Å². The van der Waals surface area contributed by atoms with Crippen molar-refractivity contribution in [2.75, 3.05) is 19.5 Å². The molecule has 0 fully saturated rings. The monoisotopic (exact) mass is 452 g/mol. The molecule has 1 N–H and O–H groups in total. The third kappa shape index (κ3) is 5.36. The summed E-state index contributed by atoms with van der Waals surface area (Å²) >= 11 is 0. The van der Waals surface area contributed by atoms with Crippen LogP contribution in [-0.2, 0) is 16.6 Å². The van der Waals surface area contributed by atoms with Crippen LogP contribution in [0.25, 0.3) is 0 Å². The van der Waals surface area contributed by atoms with Crippen LogP contribution in [0.1, 0.15) is 32.6 Å². The summed E-state index contributed by atoms with van der Waals surface area (Å²) in [5.74, 6) is 0.238. The van der Waals surface area contributed by atoms with Gasteiger partial charge in [-0.3, -0.25) is 4.79 Å². The highest BCUT2D eigenvalue weighted by molar-refractivity contribution is 7.89. The van der Waals surface area contributed by atoms with Gasteiger partial charge in [-0.05, 0) is 74.4 Å². The summed E-state index contributed by atoms with van der Waals surface area (Å²) in [5, 5.41) is 2.91. The number of nitrogens with zero attached hydrogens (tertiary/aromatic N) is 1. The van der Waals surface area contributed by atoms with Crippen LogP contribution in [0.5, 0.6) is 5.75 Å². The van der Waals surface area contributed by atoms with Gasteiger partial charge in [0.2, 0.25) is 10.0 Å². The van der Waals surface area contributed by atoms with E-state index in [-0.39, 0.29) is 17.3 Å². The van der Waals surface area contributed by atoms with Crippen molar-refractivity contribution in [2.24, 2.45) is 0 Å². The summed E-state index contributed by atoms with van der Waals surface area (Å²) in [6.45, 7) is 5.90. The van der Waals surface area contributed by atoms with Crippen molar-refractivity contribution in [3.05, 3.63) is 88.5 Å². The molecule has 0 radical (unpaired) electrons. The highest BCUT2D eigenvalue weighted by atomic mass is 32.2. The minimum atomic E-state index is -3.69. The Hall–Kier alpha value is -3.16. The van der Waals surface area contributed by atoms with E-state index in [1.807, 2.05) is 39.0 Å². The first kappa shape index (κ1) is 23.5. The van der Waals surface area contributed by atoms with Gasteiger partial charge in [0.25, 0.3) is 5.91 Å². The van der Waals surface area contributed by atoms with E-state index in [0.29, 0.717) is 22.6 Å². The maximum absolute atomic E-state index is 13.0. The summed E-state index contributed by atoms with van der Waals surface area (Å²) in [6.07, 6.45) is 0. The van der Waals surface area contributed by atoms with Crippen molar-refractivity contribution in [1.82, 2.24) is 4.31 Å². The molecule has 0 aliphatic rings. The van der Waals surface area contributed by atoms with Crippen LogP contribution in [0.4, 0.5) is 5.69 Å². The number of benzene rings is 3. The zero-order valence-corrected chi connectivity index (χ0v) is 19.8. The molecule has 0 atom stereocenters. The Morgan fingerprint density at radius 1 is 0.906 bits per heavy atom. The molecule has 0 aliphatic heterocycles. The molecular weight excluding hydrogens is 424 g/mol. The number of amides is 1. The summed E-state index contributed by atoms with van der Waals surface area (Å²) in [6, 6.07) is 17.5. The van der Waals surface area contributed by atoms with Crippen LogP contribution in [0.2, 0.25) is 0 Å². The Morgan fingerprint density at radius 3 is 2.12 bits per heavy atom. The molecule has 0 spiro atoms. The van der Waals surface area contributed by atoms with Crippen molar-refractivity contribution in [3.63, 3.8) is 0 Å². The SMILES string of the molecule is COc1ccc(C(=O)Nc2cc(C)cc(C)c2)cc1CN(C)S(=O)(=O)c1ccc(C)cc1. The molecule has 6 nitrogen and oxygen atoms in total. The Morgan fingerprint density at radius 2 is 1.53 bits per heavy atom. The predicted octanol–water partition coefficient (Wildman–Crippen LogP) is 4.69. The largest absolute Gasteiger partial charge is 0.496 e. The number of aryl methyl sites for hydroxylation is 3. The van der Waals surface area contributed by atoms with Gasteiger partial charge in [0.1, 0.15) is 5.75 Å². The average molecular weight is 453 g/mol. The van der Waals surface area contributed by atoms with E-state index in [9.17, 15) is 13.2 Å². The molecule has 3 aromatic carbocycles. The second-order valence-corrected chi connectivity index (χ2v) is 9.98. The molecule has 0 aliphatic carbocycles. The van der Waals surface area contributed by atoms with Crippen LogP contribution in [0.3, 0.4) is 0 Å². The average Bonchev–Trinajstić information content (AvgIpc) is 2.73. The summed E-state index contributed by atoms with van der Waals surface area (Å²) in [5.41, 5.74) is 4.82. The fraction of sp³-hybridized carbons (Fsp3) is 0.240. The van der Waals surface area contributed by atoms with E-state index in [1.54, 1.807) is 42.5 Å². The number of sulfonamides is 1. The lowest BCUT2D eigenvalue weighted by Crippen LogP contribution is -2.27. The first-order valence-corrected chi connectivity index (χ1v) is 11.6. The zero-order valence-electron chi connectivity index (χ0n) is 19.0. The highest BCUT2D eigenvalue weighted by Crippen LogP contribution is 2.25. The first-order valence-electron chi connectivity index (χ1n) is 10.2. The lowest BCUT2D eigenvalue weighted by molar-refractivity contribution is 0.102. The van der Waals surface area contributed by atoms with Crippen molar-refractivity contribution in [1.29, 1.82) is 0 Å². The highest BCUT2D eigenvalue weighted by Gasteiger charge is 2.22. The second kappa shape index (κ2) is 9.54. The van der Waals surface area contributed by atoms with Gasteiger partial charge in [-0.25, -0.2) is 8.42 Å². The van der Waals surface area contributed by atoms with Gasteiger partial charge in [-0.2, -0.15) is 4.31 Å². The van der Waals surface area contributed by atoms with E-state index < -0.39 is 10.0 Å². The van der Waals surface area contributed by atoms with Crippen molar-refractivity contribution >= 4 is 21.6 Å². The summed E-state index contributed by atoms with van der Waals surface area (Å²) in [4.78, 5) is 13.1. The minimum Gasteiger partial charge on any atom is -0.496 e. The molecule has 168 valence electrons. The smallest absolute Gasteiger partial charge is 0.255 e. The molecule has 0 bridgehead atoms. The van der Waals surface area contributed by atoms with Crippen LogP contribution in [0, 0.1) is 20.8 Å². The molecule has 0 saturated carbocycles. The molecule has 0 heterocycles. The zero-order chi connectivity index (χ0) is 23.5. The third-order valence-corrected chi connectivity index (χ3v) is 6.96. The van der Waals surface area contributed by atoms with Crippen molar-refractivity contribution in [2.45, 2.75) is 32.2 Å². The Kier molecular flexibility index (Phi) is 7.01. The Bertz CT molecular complexity index is 1220. The number of anilines is 1. The topological polar surface area (TPSA) is 75.7 Å². The molecule has 0 saturated heterocycles. The minimum absolute atomic E-state index is 0.0596. The van der Waals surface area contributed by atoms with Gasteiger partial charge in [0.05, 0.1) is 12.0 Å². The molecule has 3 rings (SSSR count). The number of nitrogens with one attached hydrogen (secondary N) is 1. The number of ether oxygens (including phenoxy) is 1. The van der Waals surface area contributed by atoms with E-state index in [2.05, 4.69) is 5.32 Å². The Labute approximate surface area is 189 Å². The summed E-state index contributed by atoms with van der Waals surface area (Å²) in [7, 11) is -0.666. The lowest BCUT2D eigenvalue weighted by Gasteiger charge is -2.19. The van der Waals surface area contributed by atoms with Crippen LogP contribution < -0.4 is 10.1 Å². The molecule has 0 aromatic heterocycles. The molecule has 32 heavy (non-hydrogen) atoms. The van der Waals surface area contributed by atoms with Gasteiger partial charge in [0.15, 0.2) is 0 Å². The van der Waals surface area contributed by atoms with Crippen molar-refractivity contribution < 1.29 is 17.9 Å². The van der Waals surface area contributed by atoms with Crippen LogP contribution in [-0.4, -0.2) is 32.8 Å². The predicted molar refractivity (Wildman–Crippen MR) is 127 cm³/mol. The van der Waals surface area contributed by atoms with Crippen molar-refractivity contribution in [3.8, 4) is 5.75 Å². The van der Waals surface area contributed by atoms with Gasteiger partial charge in [-0.15, -0.1) is 0 Å². The van der Waals surface area contributed by atoms with Gasteiger partial charge < -0.3 is 10.1 Å². The van der Waals surface area contributed by atoms with E-state index >= 15 is 0 Å². The molecular formula is C25H28N2O4S. The number of methoxy groups -OCH3 is 1. The lowest BCUT2D eigenvalue weighted by atomic mass is 10.1. The molecule has 3 aromatic rings. The van der Waals surface area contributed by atoms with E-state index in [0.717, 1.165) is 16.7 Å². The van der Waals surface area contributed by atoms with Crippen LogP contribution in [0.15, 0.2) is 65.6 Å². The quantitative estimate of drug-likeness (QED) is 0.564. The maximum atomic E-state index is 13.0.